The Morgan fingerprint density at radius 1 is 1.05 bits per heavy atom. The molecule has 0 aliphatic rings. The largest absolute Gasteiger partial charge is 0.497 e. The quantitative estimate of drug-likeness (QED) is 0.761. The Morgan fingerprint density at radius 2 is 1.76 bits per heavy atom. The number of rotatable bonds is 6. The first-order valence-electron chi connectivity index (χ1n) is 6.64. The highest BCUT2D eigenvalue weighted by Gasteiger charge is 2.17. The maximum absolute atomic E-state index is 13.8. The van der Waals surface area contributed by atoms with Gasteiger partial charge in [0.05, 0.1) is 19.8 Å². The average molecular weight is 288 g/mol. The molecule has 0 aromatic heterocycles. The smallest absolute Gasteiger partial charge is 0.169 e. The van der Waals surface area contributed by atoms with Crippen LogP contribution in [0.2, 0.25) is 0 Å². The van der Waals surface area contributed by atoms with E-state index in [-0.39, 0.29) is 23.5 Å². The van der Waals surface area contributed by atoms with Gasteiger partial charge < -0.3 is 9.47 Å². The zero-order valence-corrected chi connectivity index (χ0v) is 12.1. The van der Waals surface area contributed by atoms with E-state index in [4.69, 9.17) is 9.47 Å². The Morgan fingerprint density at radius 3 is 2.38 bits per heavy atom. The third kappa shape index (κ3) is 3.60. The summed E-state index contributed by atoms with van der Waals surface area (Å²) in [6, 6.07) is 11.8. The van der Waals surface area contributed by atoms with Crippen LogP contribution in [0, 0.1) is 5.82 Å². The van der Waals surface area contributed by atoms with Crippen LogP contribution in [0.4, 0.5) is 4.39 Å². The van der Waals surface area contributed by atoms with E-state index in [0.717, 1.165) is 11.3 Å². The molecule has 0 saturated carbocycles. The molecular weight excluding hydrogens is 271 g/mol. The van der Waals surface area contributed by atoms with Crippen molar-refractivity contribution < 1.29 is 18.7 Å². The number of halogens is 1. The first-order chi connectivity index (χ1) is 10.2. The predicted octanol–water partition coefficient (Wildman–Crippen LogP) is 3.66. The van der Waals surface area contributed by atoms with Crippen LogP contribution in [-0.4, -0.2) is 20.0 Å². The van der Waals surface area contributed by atoms with Crippen LogP contribution in [0.3, 0.4) is 0 Å². The van der Waals surface area contributed by atoms with E-state index in [0.29, 0.717) is 6.42 Å². The van der Waals surface area contributed by atoms with Crippen molar-refractivity contribution in [3.05, 3.63) is 59.4 Å². The fraction of sp³-hybridized carbons (Fsp3) is 0.235. The van der Waals surface area contributed by atoms with Gasteiger partial charge in [-0.25, -0.2) is 4.39 Å². The van der Waals surface area contributed by atoms with Gasteiger partial charge in [0.15, 0.2) is 5.78 Å². The first kappa shape index (κ1) is 15.0. The average Bonchev–Trinajstić information content (AvgIpc) is 2.52. The molecule has 0 fully saturated rings. The molecule has 2 rings (SSSR count). The summed E-state index contributed by atoms with van der Waals surface area (Å²) in [6.45, 7) is 0. The summed E-state index contributed by atoms with van der Waals surface area (Å²) >= 11 is 0. The Labute approximate surface area is 123 Å². The summed E-state index contributed by atoms with van der Waals surface area (Å²) in [6.07, 6.45) is 0.768. The van der Waals surface area contributed by atoms with Crippen molar-refractivity contribution in [3.8, 4) is 11.5 Å². The van der Waals surface area contributed by atoms with Crippen LogP contribution in [0.25, 0.3) is 0 Å². The molecule has 0 saturated heterocycles. The number of carbonyl (C=O) groups is 1. The number of carbonyl (C=O) groups excluding carboxylic acids is 1. The predicted molar refractivity (Wildman–Crippen MR) is 78.6 cm³/mol. The van der Waals surface area contributed by atoms with E-state index in [1.165, 1.54) is 19.2 Å². The maximum Gasteiger partial charge on any atom is 0.169 e. The third-order valence-electron chi connectivity index (χ3n) is 3.27. The molecule has 0 atom stereocenters. The normalized spacial score (nSPS) is 10.2. The Bertz CT molecular complexity index is 620. The number of hydrogen-bond acceptors (Lipinski definition) is 3. The summed E-state index contributed by atoms with van der Waals surface area (Å²) in [5.41, 5.74) is 1.02. The van der Waals surface area contributed by atoms with Gasteiger partial charge >= 0.3 is 0 Å². The van der Waals surface area contributed by atoms with Crippen molar-refractivity contribution in [2.45, 2.75) is 12.8 Å². The number of Topliss-reactive ketones (excluding diaryl/α,β-unsaturated/α-hetero) is 1. The molecule has 0 aliphatic carbocycles. The van der Waals surface area contributed by atoms with Gasteiger partial charge in [0, 0.05) is 6.42 Å². The molecule has 110 valence electrons. The highest BCUT2D eigenvalue weighted by molar-refractivity contribution is 5.99. The van der Waals surface area contributed by atoms with E-state index in [2.05, 4.69) is 0 Å². The molecule has 3 nitrogen and oxygen atoms in total. The number of hydrogen-bond donors (Lipinski definition) is 0. The fourth-order valence-electron chi connectivity index (χ4n) is 2.12. The summed E-state index contributed by atoms with van der Waals surface area (Å²) in [5, 5.41) is 0. The number of ether oxygens (including phenoxy) is 2. The molecule has 0 spiro atoms. The highest BCUT2D eigenvalue weighted by Crippen LogP contribution is 2.23. The van der Waals surface area contributed by atoms with Crippen molar-refractivity contribution in [2.24, 2.45) is 0 Å². The van der Waals surface area contributed by atoms with Crippen LogP contribution in [-0.2, 0) is 6.42 Å². The lowest BCUT2D eigenvalue weighted by molar-refractivity contribution is 0.0975. The Kier molecular flexibility index (Phi) is 4.93. The zero-order valence-electron chi connectivity index (χ0n) is 12.1. The SMILES string of the molecule is COc1ccc(CCC(=O)c2c(F)cccc2OC)cc1. The van der Waals surface area contributed by atoms with E-state index < -0.39 is 5.82 Å². The second-order valence-corrected chi connectivity index (χ2v) is 4.59. The molecule has 2 aromatic carbocycles. The van der Waals surface area contributed by atoms with Gasteiger partial charge in [0.1, 0.15) is 17.3 Å². The number of benzene rings is 2. The van der Waals surface area contributed by atoms with Crippen molar-refractivity contribution in [1.82, 2.24) is 0 Å². The number of aryl methyl sites for hydroxylation is 1. The second-order valence-electron chi connectivity index (χ2n) is 4.59. The minimum atomic E-state index is -0.547. The fourth-order valence-corrected chi connectivity index (χ4v) is 2.12. The van der Waals surface area contributed by atoms with Gasteiger partial charge in [0.25, 0.3) is 0 Å². The van der Waals surface area contributed by atoms with Gasteiger partial charge in [-0.3, -0.25) is 4.79 Å². The lowest BCUT2D eigenvalue weighted by Gasteiger charge is -2.08. The van der Waals surface area contributed by atoms with E-state index in [1.54, 1.807) is 13.2 Å². The molecule has 0 radical (unpaired) electrons. The molecule has 0 N–H and O–H groups in total. The standard InChI is InChI=1S/C17H17FO3/c1-20-13-9-6-12(7-10-13)8-11-15(19)17-14(18)4-3-5-16(17)21-2/h3-7,9-10H,8,11H2,1-2H3. The molecule has 0 heterocycles. The Balaban J connectivity index is 2.08. The zero-order chi connectivity index (χ0) is 15.2. The second kappa shape index (κ2) is 6.88. The van der Waals surface area contributed by atoms with Crippen molar-refractivity contribution in [1.29, 1.82) is 0 Å². The van der Waals surface area contributed by atoms with Crippen LogP contribution in [0.1, 0.15) is 22.3 Å². The van der Waals surface area contributed by atoms with Crippen molar-refractivity contribution in [3.63, 3.8) is 0 Å². The van der Waals surface area contributed by atoms with Crippen molar-refractivity contribution in [2.75, 3.05) is 14.2 Å². The van der Waals surface area contributed by atoms with E-state index in [9.17, 15) is 9.18 Å². The monoisotopic (exact) mass is 288 g/mol. The first-order valence-corrected chi connectivity index (χ1v) is 6.64. The minimum Gasteiger partial charge on any atom is -0.497 e. The number of ketones is 1. The van der Waals surface area contributed by atoms with Gasteiger partial charge in [-0.1, -0.05) is 18.2 Å². The van der Waals surface area contributed by atoms with Crippen LogP contribution in [0.15, 0.2) is 42.5 Å². The lowest BCUT2D eigenvalue weighted by atomic mass is 10.0. The minimum absolute atomic E-state index is 0.0218. The van der Waals surface area contributed by atoms with E-state index in [1.807, 2.05) is 24.3 Å². The van der Waals surface area contributed by atoms with Crippen LogP contribution < -0.4 is 9.47 Å². The van der Waals surface area contributed by atoms with Crippen molar-refractivity contribution >= 4 is 5.78 Å². The molecule has 0 bridgehead atoms. The third-order valence-corrected chi connectivity index (χ3v) is 3.27. The lowest BCUT2D eigenvalue weighted by Crippen LogP contribution is -2.06. The summed E-state index contributed by atoms with van der Waals surface area (Å²) in [5.74, 6) is 0.227. The molecule has 0 unspecified atom stereocenters. The number of methoxy groups -OCH3 is 2. The molecular formula is C17H17FO3. The van der Waals surface area contributed by atoms with Gasteiger partial charge in [-0.2, -0.15) is 0 Å². The molecule has 21 heavy (non-hydrogen) atoms. The Hall–Kier alpha value is -2.36. The summed E-state index contributed by atoms with van der Waals surface area (Å²) in [7, 11) is 3.03. The van der Waals surface area contributed by atoms with Crippen LogP contribution >= 0.6 is 0 Å². The van der Waals surface area contributed by atoms with Gasteiger partial charge in [-0.05, 0) is 36.2 Å². The molecule has 0 aliphatic heterocycles. The molecule has 2 aromatic rings. The topological polar surface area (TPSA) is 35.5 Å². The maximum atomic E-state index is 13.8. The summed E-state index contributed by atoms with van der Waals surface area (Å²) in [4.78, 5) is 12.2. The van der Waals surface area contributed by atoms with Crippen LogP contribution in [0.5, 0.6) is 11.5 Å². The molecule has 4 heteroatoms. The highest BCUT2D eigenvalue weighted by atomic mass is 19.1. The van der Waals surface area contributed by atoms with E-state index >= 15 is 0 Å². The van der Waals surface area contributed by atoms with Gasteiger partial charge in [0.2, 0.25) is 0 Å². The van der Waals surface area contributed by atoms with Gasteiger partial charge in [-0.15, -0.1) is 0 Å². The molecule has 0 amide bonds. The summed E-state index contributed by atoms with van der Waals surface area (Å²) < 4.78 is 23.9.